The minimum Gasteiger partial charge on any atom is -0.300 e. The molecule has 1 unspecified atom stereocenters. The Hall–Kier alpha value is -1.64. The number of carbonyl (C=O) groups is 1. The summed E-state index contributed by atoms with van der Waals surface area (Å²) in [4.78, 5) is 12.1. The standard InChI is InChI=1S/C16H18F2N4OS.ClH/c1-15(2,10-6-4-3-5-7-10)13-21-22-14(24-13)20-12(23)11-8-16(17,18)9-19-11;/h3-7,11,19H,8-9H2,1-2H3,(H,20,22,23);1H. The number of alkyl halides is 2. The monoisotopic (exact) mass is 388 g/mol. The molecule has 1 atom stereocenters. The molecule has 9 heteroatoms. The molecule has 25 heavy (non-hydrogen) atoms. The number of halogens is 3. The van der Waals surface area contributed by atoms with Crippen LogP contribution in [-0.2, 0) is 10.2 Å². The molecule has 1 aromatic heterocycles. The summed E-state index contributed by atoms with van der Waals surface area (Å²) in [5.41, 5.74) is 0.719. The first-order valence-corrected chi connectivity index (χ1v) is 8.41. The lowest BCUT2D eigenvalue weighted by atomic mass is 9.85. The molecule has 1 saturated heterocycles. The summed E-state index contributed by atoms with van der Waals surface area (Å²) in [5.74, 6) is -3.35. The first kappa shape index (κ1) is 19.7. The molecule has 1 aromatic carbocycles. The maximum absolute atomic E-state index is 13.2. The molecule has 0 bridgehead atoms. The molecule has 136 valence electrons. The molecule has 0 saturated carbocycles. The average Bonchev–Trinajstić information content (AvgIpc) is 3.15. The van der Waals surface area contributed by atoms with Crippen LogP contribution in [-0.4, -0.2) is 34.6 Å². The largest absolute Gasteiger partial charge is 0.300 e. The molecule has 2 aromatic rings. The molecule has 2 heterocycles. The van der Waals surface area contributed by atoms with Crippen molar-refractivity contribution in [2.24, 2.45) is 0 Å². The zero-order valence-corrected chi connectivity index (χ0v) is 15.4. The first-order chi connectivity index (χ1) is 11.3. The minimum atomic E-state index is -2.84. The lowest BCUT2D eigenvalue weighted by Crippen LogP contribution is -2.35. The van der Waals surface area contributed by atoms with Gasteiger partial charge in [0.05, 0.1) is 12.6 Å². The van der Waals surface area contributed by atoms with Crippen molar-refractivity contribution in [3.8, 4) is 0 Å². The van der Waals surface area contributed by atoms with Crippen LogP contribution in [0.25, 0.3) is 0 Å². The number of benzene rings is 1. The zero-order valence-electron chi connectivity index (χ0n) is 13.8. The Bertz CT molecular complexity index is 739. The van der Waals surface area contributed by atoms with Gasteiger partial charge >= 0.3 is 0 Å². The highest BCUT2D eigenvalue weighted by Crippen LogP contribution is 2.34. The SMILES string of the molecule is CC(C)(c1ccccc1)c1nnc(NC(=O)C2CC(F)(F)CN2)s1.Cl. The van der Waals surface area contributed by atoms with Crippen LogP contribution in [0.4, 0.5) is 13.9 Å². The number of aromatic nitrogens is 2. The highest BCUT2D eigenvalue weighted by Gasteiger charge is 2.42. The van der Waals surface area contributed by atoms with Gasteiger partial charge in [0.15, 0.2) is 0 Å². The second-order valence-corrected chi connectivity index (χ2v) is 7.36. The number of amides is 1. The van der Waals surface area contributed by atoms with Crippen molar-refractivity contribution in [3.05, 3.63) is 40.9 Å². The van der Waals surface area contributed by atoms with E-state index in [0.717, 1.165) is 10.6 Å². The molecular formula is C16H19ClF2N4OS. The number of carbonyl (C=O) groups excluding carboxylic acids is 1. The van der Waals surface area contributed by atoms with Gasteiger partial charge in [-0.15, -0.1) is 22.6 Å². The fraction of sp³-hybridized carbons (Fsp3) is 0.438. The van der Waals surface area contributed by atoms with Gasteiger partial charge in [0.1, 0.15) is 5.01 Å². The van der Waals surface area contributed by atoms with Crippen molar-refractivity contribution in [2.75, 3.05) is 11.9 Å². The Morgan fingerprint density at radius 3 is 2.60 bits per heavy atom. The average molecular weight is 389 g/mol. The van der Waals surface area contributed by atoms with Crippen LogP contribution in [0.15, 0.2) is 30.3 Å². The van der Waals surface area contributed by atoms with E-state index in [-0.39, 0.29) is 17.8 Å². The highest BCUT2D eigenvalue weighted by atomic mass is 35.5. The van der Waals surface area contributed by atoms with Gasteiger partial charge in [0, 0.05) is 11.8 Å². The van der Waals surface area contributed by atoms with Crippen LogP contribution >= 0.6 is 23.7 Å². The van der Waals surface area contributed by atoms with Gasteiger partial charge in [0.2, 0.25) is 11.0 Å². The van der Waals surface area contributed by atoms with Crippen LogP contribution in [0.1, 0.15) is 30.8 Å². The molecule has 5 nitrogen and oxygen atoms in total. The van der Waals surface area contributed by atoms with E-state index in [1.165, 1.54) is 11.3 Å². The third-order valence-electron chi connectivity index (χ3n) is 4.11. The van der Waals surface area contributed by atoms with Crippen LogP contribution in [0, 0.1) is 0 Å². The quantitative estimate of drug-likeness (QED) is 0.843. The van der Waals surface area contributed by atoms with E-state index < -0.39 is 30.8 Å². The summed E-state index contributed by atoms with van der Waals surface area (Å²) in [6.07, 6.45) is -0.500. The second-order valence-electron chi connectivity index (χ2n) is 6.39. The molecule has 1 fully saturated rings. The molecule has 0 aliphatic carbocycles. The number of nitrogens with zero attached hydrogens (tertiary/aromatic N) is 2. The Balaban J connectivity index is 0.00000225. The van der Waals surface area contributed by atoms with Crippen LogP contribution < -0.4 is 10.6 Å². The van der Waals surface area contributed by atoms with Crippen molar-refractivity contribution in [2.45, 2.75) is 37.6 Å². The smallest absolute Gasteiger partial charge is 0.262 e. The van der Waals surface area contributed by atoms with E-state index in [2.05, 4.69) is 20.8 Å². The lowest BCUT2D eigenvalue weighted by Gasteiger charge is -2.21. The van der Waals surface area contributed by atoms with Gasteiger partial charge in [-0.2, -0.15) is 0 Å². The van der Waals surface area contributed by atoms with E-state index in [0.29, 0.717) is 5.13 Å². The predicted octanol–water partition coefficient (Wildman–Crippen LogP) is 3.22. The fourth-order valence-electron chi connectivity index (χ4n) is 2.60. The molecular weight excluding hydrogens is 370 g/mol. The molecule has 1 aliphatic rings. The number of hydrogen-bond donors (Lipinski definition) is 2. The van der Waals surface area contributed by atoms with E-state index in [9.17, 15) is 13.6 Å². The number of anilines is 1. The normalized spacial score (nSPS) is 19.3. The van der Waals surface area contributed by atoms with Crippen LogP contribution in [0.3, 0.4) is 0 Å². The molecule has 0 radical (unpaired) electrons. The van der Waals surface area contributed by atoms with Gasteiger partial charge < -0.3 is 0 Å². The maximum Gasteiger partial charge on any atom is 0.262 e. The summed E-state index contributed by atoms with van der Waals surface area (Å²) >= 11 is 1.25. The summed E-state index contributed by atoms with van der Waals surface area (Å²) in [6, 6.07) is 8.94. The van der Waals surface area contributed by atoms with E-state index in [1.54, 1.807) is 0 Å². The Kier molecular flexibility index (Phi) is 5.75. The Labute approximate surface area is 154 Å². The lowest BCUT2D eigenvalue weighted by molar-refractivity contribution is -0.118. The zero-order chi connectivity index (χ0) is 17.4. The third-order valence-corrected chi connectivity index (χ3v) is 5.27. The van der Waals surface area contributed by atoms with Crippen molar-refractivity contribution < 1.29 is 13.6 Å². The molecule has 3 rings (SSSR count). The molecule has 2 N–H and O–H groups in total. The first-order valence-electron chi connectivity index (χ1n) is 7.59. The van der Waals surface area contributed by atoms with Crippen LogP contribution in [0.5, 0.6) is 0 Å². The predicted molar refractivity (Wildman–Crippen MR) is 95.7 cm³/mol. The van der Waals surface area contributed by atoms with Crippen molar-refractivity contribution in [1.29, 1.82) is 0 Å². The number of nitrogens with one attached hydrogen (secondary N) is 2. The van der Waals surface area contributed by atoms with Crippen molar-refractivity contribution >= 4 is 34.8 Å². The topological polar surface area (TPSA) is 66.9 Å². The second kappa shape index (κ2) is 7.31. The van der Waals surface area contributed by atoms with E-state index >= 15 is 0 Å². The van der Waals surface area contributed by atoms with Crippen molar-refractivity contribution in [1.82, 2.24) is 15.5 Å². The van der Waals surface area contributed by atoms with E-state index in [4.69, 9.17) is 0 Å². The van der Waals surface area contributed by atoms with Gasteiger partial charge in [-0.1, -0.05) is 41.7 Å². The summed E-state index contributed by atoms with van der Waals surface area (Å²) < 4.78 is 26.3. The van der Waals surface area contributed by atoms with Crippen LogP contribution in [0.2, 0.25) is 0 Å². The summed E-state index contributed by atoms with van der Waals surface area (Å²) in [7, 11) is 0. The van der Waals surface area contributed by atoms with E-state index in [1.807, 2.05) is 44.2 Å². The molecule has 1 aliphatic heterocycles. The molecule has 0 spiro atoms. The van der Waals surface area contributed by atoms with Gasteiger partial charge in [-0.25, -0.2) is 8.78 Å². The summed E-state index contributed by atoms with van der Waals surface area (Å²) in [6.45, 7) is 3.56. The Morgan fingerprint density at radius 2 is 2.00 bits per heavy atom. The molecule has 1 amide bonds. The fourth-order valence-corrected chi connectivity index (χ4v) is 3.47. The minimum absolute atomic E-state index is 0. The van der Waals surface area contributed by atoms with Crippen molar-refractivity contribution in [3.63, 3.8) is 0 Å². The maximum atomic E-state index is 13.2. The summed E-state index contributed by atoms with van der Waals surface area (Å²) in [5, 5.41) is 14.3. The van der Waals surface area contributed by atoms with Gasteiger partial charge in [0.25, 0.3) is 5.92 Å². The third kappa shape index (κ3) is 4.31. The van der Waals surface area contributed by atoms with Gasteiger partial charge in [-0.05, 0) is 19.4 Å². The highest BCUT2D eigenvalue weighted by molar-refractivity contribution is 7.15. The number of hydrogen-bond acceptors (Lipinski definition) is 5. The van der Waals surface area contributed by atoms with Gasteiger partial charge in [-0.3, -0.25) is 15.4 Å². The number of rotatable bonds is 4. The Morgan fingerprint density at radius 1 is 1.32 bits per heavy atom.